The number of benzene rings is 2. The van der Waals surface area contributed by atoms with E-state index in [0.29, 0.717) is 45.8 Å². The molecule has 3 heterocycles. The minimum atomic E-state index is -0.402. The summed E-state index contributed by atoms with van der Waals surface area (Å²) >= 11 is 6.71. The van der Waals surface area contributed by atoms with E-state index in [-0.39, 0.29) is 5.82 Å². The van der Waals surface area contributed by atoms with Gasteiger partial charge in [-0.2, -0.15) is 5.26 Å². The van der Waals surface area contributed by atoms with E-state index in [1.165, 1.54) is 18.3 Å². The number of pyridine rings is 2. The molecule has 1 unspecified atom stereocenters. The SMILES string of the molecule is N#Cc1cnc2c(Cl)cc(NC(c3ccc(F)cc3)c3cn(C4CC4)nn3)cc2c1NCCc1cccnc1. The first-order valence-electron chi connectivity index (χ1n) is 12.7. The Morgan fingerprint density at radius 1 is 1.15 bits per heavy atom. The van der Waals surface area contributed by atoms with Crippen LogP contribution in [0.1, 0.15) is 47.3 Å². The van der Waals surface area contributed by atoms with Crippen molar-refractivity contribution in [3.05, 3.63) is 107 Å². The highest BCUT2D eigenvalue weighted by atomic mass is 35.5. The van der Waals surface area contributed by atoms with E-state index in [0.717, 1.165) is 35.8 Å². The van der Waals surface area contributed by atoms with Crippen molar-refractivity contribution in [3.8, 4) is 6.07 Å². The van der Waals surface area contributed by atoms with E-state index >= 15 is 0 Å². The number of anilines is 2. The lowest BCUT2D eigenvalue weighted by Crippen LogP contribution is -2.13. The van der Waals surface area contributed by atoms with Crippen LogP contribution in [0.5, 0.6) is 0 Å². The number of fused-ring (bicyclic) bond motifs is 1. The number of hydrogen-bond acceptors (Lipinski definition) is 7. The molecule has 8 nitrogen and oxygen atoms in total. The van der Waals surface area contributed by atoms with Gasteiger partial charge in [-0.25, -0.2) is 9.07 Å². The zero-order valence-electron chi connectivity index (χ0n) is 20.9. The van der Waals surface area contributed by atoms with Crippen molar-refractivity contribution in [2.24, 2.45) is 0 Å². The number of nitriles is 1. The summed E-state index contributed by atoms with van der Waals surface area (Å²) in [6.07, 6.45) is 9.94. The van der Waals surface area contributed by atoms with Gasteiger partial charge < -0.3 is 10.6 Å². The van der Waals surface area contributed by atoms with Crippen LogP contribution in [0.2, 0.25) is 5.02 Å². The Balaban J connectivity index is 1.36. The van der Waals surface area contributed by atoms with Crippen LogP contribution < -0.4 is 10.6 Å². The monoisotopic (exact) mass is 538 g/mol. The van der Waals surface area contributed by atoms with Gasteiger partial charge >= 0.3 is 0 Å². The first kappa shape index (κ1) is 24.8. The lowest BCUT2D eigenvalue weighted by atomic mass is 10.0. The molecule has 5 aromatic rings. The molecular formula is C29H24ClFN8. The fourth-order valence-corrected chi connectivity index (χ4v) is 4.85. The van der Waals surface area contributed by atoms with Crippen molar-refractivity contribution in [2.45, 2.75) is 31.3 Å². The maximum atomic E-state index is 13.7. The third-order valence-corrected chi connectivity index (χ3v) is 7.03. The summed E-state index contributed by atoms with van der Waals surface area (Å²) in [4.78, 5) is 8.62. The van der Waals surface area contributed by atoms with E-state index in [1.807, 2.05) is 35.3 Å². The summed E-state index contributed by atoms with van der Waals surface area (Å²) in [6, 6.07) is 16.2. The van der Waals surface area contributed by atoms with Gasteiger partial charge in [0.2, 0.25) is 0 Å². The summed E-state index contributed by atoms with van der Waals surface area (Å²) in [5, 5.41) is 26.6. The molecule has 0 amide bonds. The van der Waals surface area contributed by atoms with Crippen LogP contribution in [0.4, 0.5) is 15.8 Å². The van der Waals surface area contributed by atoms with E-state index in [1.54, 1.807) is 24.4 Å². The molecule has 2 aromatic carbocycles. The highest BCUT2D eigenvalue weighted by Crippen LogP contribution is 2.37. The quantitative estimate of drug-likeness (QED) is 0.234. The molecule has 2 N–H and O–H groups in total. The summed E-state index contributed by atoms with van der Waals surface area (Å²) in [5.41, 5.74) is 5.00. The number of rotatable bonds is 9. The van der Waals surface area contributed by atoms with Crippen LogP contribution in [0, 0.1) is 17.1 Å². The van der Waals surface area contributed by atoms with Crippen molar-refractivity contribution in [2.75, 3.05) is 17.2 Å². The van der Waals surface area contributed by atoms with E-state index in [9.17, 15) is 9.65 Å². The van der Waals surface area contributed by atoms with Gasteiger partial charge in [-0.05, 0) is 60.7 Å². The van der Waals surface area contributed by atoms with Crippen LogP contribution in [0.3, 0.4) is 0 Å². The minimum Gasteiger partial charge on any atom is -0.383 e. The number of nitrogens with zero attached hydrogens (tertiary/aromatic N) is 6. The Morgan fingerprint density at radius 2 is 2.00 bits per heavy atom. The second-order valence-electron chi connectivity index (χ2n) is 9.53. The van der Waals surface area contributed by atoms with Crippen LogP contribution in [-0.2, 0) is 6.42 Å². The Hall–Kier alpha value is -4.55. The zero-order chi connectivity index (χ0) is 26.8. The molecule has 1 fully saturated rings. The maximum absolute atomic E-state index is 13.7. The van der Waals surface area contributed by atoms with Crippen molar-refractivity contribution in [3.63, 3.8) is 0 Å². The molecule has 0 bridgehead atoms. The molecule has 1 saturated carbocycles. The molecule has 39 heavy (non-hydrogen) atoms. The molecule has 0 saturated heterocycles. The van der Waals surface area contributed by atoms with Crippen molar-refractivity contribution < 1.29 is 4.39 Å². The standard InChI is InChI=1S/C29H24ClFN8/c30-25-13-22(36-28(19-3-5-21(31)6-4-19)26-17-39(38-37-26)23-7-8-23)12-24-27(20(14-32)16-35-29(24)25)34-11-9-18-2-1-10-33-15-18/h1-6,10,12-13,15-17,23,28,36H,7-9,11H2,(H,34,35). The molecule has 6 rings (SSSR count). The van der Waals surface area contributed by atoms with Gasteiger partial charge in [0.1, 0.15) is 17.6 Å². The second kappa shape index (κ2) is 10.7. The van der Waals surface area contributed by atoms with E-state index < -0.39 is 6.04 Å². The zero-order valence-corrected chi connectivity index (χ0v) is 21.6. The molecule has 194 valence electrons. The third-order valence-electron chi connectivity index (χ3n) is 6.74. The molecule has 1 aliphatic rings. The largest absolute Gasteiger partial charge is 0.383 e. The predicted octanol–water partition coefficient (Wildman–Crippen LogP) is 6.08. The molecular weight excluding hydrogens is 515 g/mol. The van der Waals surface area contributed by atoms with Crippen LogP contribution in [0.15, 0.2) is 73.3 Å². The Bertz CT molecular complexity index is 1660. The van der Waals surface area contributed by atoms with Gasteiger partial charge in [0, 0.05) is 36.2 Å². The van der Waals surface area contributed by atoms with Crippen LogP contribution in [0.25, 0.3) is 10.9 Å². The second-order valence-corrected chi connectivity index (χ2v) is 9.94. The number of halogens is 2. The van der Waals surface area contributed by atoms with Gasteiger partial charge in [-0.1, -0.05) is 35.0 Å². The number of nitrogens with one attached hydrogen (secondary N) is 2. The molecule has 0 spiro atoms. The van der Waals surface area contributed by atoms with Crippen LogP contribution >= 0.6 is 11.6 Å². The molecule has 0 radical (unpaired) electrons. The summed E-state index contributed by atoms with van der Waals surface area (Å²) in [6.45, 7) is 0.594. The predicted molar refractivity (Wildman–Crippen MR) is 148 cm³/mol. The highest BCUT2D eigenvalue weighted by Gasteiger charge is 2.27. The molecule has 3 aromatic heterocycles. The smallest absolute Gasteiger partial charge is 0.123 e. The fourth-order valence-electron chi connectivity index (χ4n) is 4.59. The number of hydrogen-bond donors (Lipinski definition) is 2. The van der Waals surface area contributed by atoms with Gasteiger partial charge in [0.25, 0.3) is 0 Å². The average Bonchev–Trinajstić information content (AvgIpc) is 3.69. The van der Waals surface area contributed by atoms with Crippen molar-refractivity contribution in [1.82, 2.24) is 25.0 Å². The summed E-state index contributed by atoms with van der Waals surface area (Å²) in [7, 11) is 0. The topological polar surface area (TPSA) is 104 Å². The number of aromatic nitrogens is 5. The Kier molecular flexibility index (Phi) is 6.78. The lowest BCUT2D eigenvalue weighted by Gasteiger charge is -2.20. The summed E-state index contributed by atoms with van der Waals surface area (Å²) in [5.74, 6) is -0.315. The van der Waals surface area contributed by atoms with Gasteiger partial charge in [0.15, 0.2) is 0 Å². The molecule has 10 heteroatoms. The van der Waals surface area contributed by atoms with Crippen molar-refractivity contribution >= 4 is 33.9 Å². The summed E-state index contributed by atoms with van der Waals surface area (Å²) < 4.78 is 15.6. The minimum absolute atomic E-state index is 0.315. The first-order chi connectivity index (χ1) is 19.1. The molecule has 1 aliphatic carbocycles. The fraction of sp³-hybridized carbons (Fsp3) is 0.207. The average molecular weight is 539 g/mol. The van der Waals surface area contributed by atoms with Gasteiger partial charge in [0.05, 0.1) is 40.1 Å². The maximum Gasteiger partial charge on any atom is 0.123 e. The molecule has 0 aliphatic heterocycles. The molecule has 1 atom stereocenters. The first-order valence-corrected chi connectivity index (χ1v) is 13.1. The Morgan fingerprint density at radius 3 is 2.74 bits per heavy atom. The van der Waals surface area contributed by atoms with E-state index in [4.69, 9.17) is 11.6 Å². The highest BCUT2D eigenvalue weighted by molar-refractivity contribution is 6.35. The van der Waals surface area contributed by atoms with E-state index in [2.05, 4.69) is 37.0 Å². The van der Waals surface area contributed by atoms with Gasteiger partial charge in [-0.3, -0.25) is 9.97 Å². The van der Waals surface area contributed by atoms with Crippen LogP contribution in [-0.4, -0.2) is 31.5 Å². The third kappa shape index (κ3) is 5.38. The van der Waals surface area contributed by atoms with Crippen molar-refractivity contribution in [1.29, 1.82) is 5.26 Å². The normalized spacial score (nSPS) is 13.7. The Labute approximate surface area is 229 Å². The lowest BCUT2D eigenvalue weighted by molar-refractivity contribution is 0.610. The van der Waals surface area contributed by atoms with Gasteiger partial charge in [-0.15, -0.1) is 5.10 Å².